The quantitative estimate of drug-likeness (QED) is 0.736. The third kappa shape index (κ3) is 3.49. The average Bonchev–Trinajstić information content (AvgIpc) is 3.47. The molecule has 0 saturated carbocycles. The number of benzene rings is 2. The molecular weight excluding hydrogens is 292 g/mol. The van der Waals surface area contributed by atoms with Crippen molar-refractivity contribution in [3.05, 3.63) is 48.0 Å². The molecule has 2 unspecified atom stereocenters. The zero-order valence-electron chi connectivity index (χ0n) is 13.2. The Morgan fingerprint density at radius 3 is 2.26 bits per heavy atom. The maximum atomic E-state index is 6.03. The molecule has 2 heterocycles. The smallest absolute Gasteiger partial charge is 0.130 e. The van der Waals surface area contributed by atoms with Crippen LogP contribution in [0.5, 0.6) is 11.5 Å². The molecule has 120 valence electrons. The van der Waals surface area contributed by atoms with Crippen LogP contribution in [0.15, 0.2) is 42.5 Å². The molecule has 4 nitrogen and oxygen atoms in total. The molecule has 0 bridgehead atoms. The normalized spacial score (nSPS) is 21.8. The Morgan fingerprint density at radius 2 is 1.52 bits per heavy atom. The summed E-state index contributed by atoms with van der Waals surface area (Å²) in [5.74, 6) is 1.77. The molecule has 0 N–H and O–H groups in total. The Hall–Kier alpha value is -2.04. The van der Waals surface area contributed by atoms with E-state index in [0.29, 0.717) is 13.2 Å². The van der Waals surface area contributed by atoms with Crippen molar-refractivity contribution in [1.82, 2.24) is 0 Å². The minimum Gasteiger partial charge on any atom is -0.490 e. The van der Waals surface area contributed by atoms with Crippen LogP contribution in [-0.4, -0.2) is 38.6 Å². The summed E-state index contributed by atoms with van der Waals surface area (Å²) in [6, 6.07) is 14.3. The van der Waals surface area contributed by atoms with Crippen LogP contribution in [0.3, 0.4) is 0 Å². The molecule has 0 aromatic heterocycles. The summed E-state index contributed by atoms with van der Waals surface area (Å²) in [6.45, 7) is 4.84. The summed E-state index contributed by atoms with van der Waals surface area (Å²) in [7, 11) is 0. The second-order valence-electron chi connectivity index (χ2n) is 5.98. The number of epoxide rings is 2. The van der Waals surface area contributed by atoms with E-state index in [1.54, 1.807) is 0 Å². The summed E-state index contributed by atoms with van der Waals surface area (Å²) in [5.41, 5.74) is 3.21. The lowest BCUT2D eigenvalue weighted by molar-refractivity contribution is 0.260. The van der Waals surface area contributed by atoms with Gasteiger partial charge in [0.05, 0.1) is 13.2 Å². The first-order valence-corrected chi connectivity index (χ1v) is 7.99. The standard InChI is InChI=1S/C19H20O4/c1-13-5-4-7-17(19(13)23-12-15-10-21-15)16-6-2-3-8-18(16)22-11-14-9-20-14/h2-8,14-15H,9-12H2,1H3. The Balaban J connectivity index is 1.64. The van der Waals surface area contributed by atoms with Gasteiger partial charge in [0.25, 0.3) is 0 Å². The summed E-state index contributed by atoms with van der Waals surface area (Å²) < 4.78 is 22.5. The highest BCUT2D eigenvalue weighted by Gasteiger charge is 2.25. The zero-order valence-corrected chi connectivity index (χ0v) is 13.2. The molecule has 2 fully saturated rings. The van der Waals surface area contributed by atoms with Crippen LogP contribution in [0.25, 0.3) is 11.1 Å². The van der Waals surface area contributed by atoms with Crippen LogP contribution in [0.4, 0.5) is 0 Å². The number of hydrogen-bond donors (Lipinski definition) is 0. The predicted octanol–water partition coefficient (Wildman–Crippen LogP) is 3.22. The van der Waals surface area contributed by atoms with E-state index in [1.165, 1.54) is 0 Å². The lowest BCUT2D eigenvalue weighted by Crippen LogP contribution is -2.07. The third-order valence-electron chi connectivity index (χ3n) is 4.03. The molecule has 2 aliphatic heterocycles. The first kappa shape index (κ1) is 14.5. The molecule has 2 saturated heterocycles. The highest BCUT2D eigenvalue weighted by Crippen LogP contribution is 2.38. The second-order valence-corrected chi connectivity index (χ2v) is 5.98. The predicted molar refractivity (Wildman–Crippen MR) is 87.1 cm³/mol. The summed E-state index contributed by atoms with van der Waals surface area (Å²) in [5, 5.41) is 0. The van der Waals surface area contributed by atoms with Crippen LogP contribution in [0.2, 0.25) is 0 Å². The summed E-state index contributed by atoms with van der Waals surface area (Å²) >= 11 is 0. The molecule has 23 heavy (non-hydrogen) atoms. The molecule has 2 aromatic carbocycles. The fourth-order valence-corrected chi connectivity index (χ4v) is 2.56. The summed E-state index contributed by atoms with van der Waals surface area (Å²) in [4.78, 5) is 0. The SMILES string of the molecule is Cc1cccc(-c2ccccc2OCC2CO2)c1OCC1CO1. The van der Waals surface area contributed by atoms with Gasteiger partial charge in [-0.3, -0.25) is 0 Å². The van der Waals surface area contributed by atoms with E-state index in [4.69, 9.17) is 18.9 Å². The fraction of sp³-hybridized carbons (Fsp3) is 0.368. The molecule has 0 amide bonds. The highest BCUT2D eigenvalue weighted by molar-refractivity contribution is 5.77. The molecule has 4 rings (SSSR count). The third-order valence-corrected chi connectivity index (χ3v) is 4.03. The molecule has 2 aliphatic rings. The van der Waals surface area contributed by atoms with E-state index in [-0.39, 0.29) is 12.2 Å². The van der Waals surface area contributed by atoms with Crippen molar-refractivity contribution in [2.45, 2.75) is 19.1 Å². The van der Waals surface area contributed by atoms with Crippen molar-refractivity contribution in [1.29, 1.82) is 0 Å². The van der Waals surface area contributed by atoms with Gasteiger partial charge in [0.2, 0.25) is 0 Å². The van der Waals surface area contributed by atoms with Gasteiger partial charge in [-0.2, -0.15) is 0 Å². The van der Waals surface area contributed by atoms with Gasteiger partial charge in [-0.15, -0.1) is 0 Å². The molecule has 4 heteroatoms. The van der Waals surface area contributed by atoms with Crippen LogP contribution >= 0.6 is 0 Å². The molecular formula is C19H20O4. The monoisotopic (exact) mass is 312 g/mol. The van der Waals surface area contributed by atoms with Crippen molar-refractivity contribution >= 4 is 0 Å². The topological polar surface area (TPSA) is 43.5 Å². The van der Waals surface area contributed by atoms with Gasteiger partial charge in [-0.1, -0.05) is 36.4 Å². The Morgan fingerprint density at radius 1 is 0.870 bits per heavy atom. The van der Waals surface area contributed by atoms with E-state index in [1.807, 2.05) is 24.3 Å². The number of rotatable bonds is 7. The van der Waals surface area contributed by atoms with Gasteiger partial charge < -0.3 is 18.9 Å². The van der Waals surface area contributed by atoms with E-state index in [0.717, 1.165) is 41.4 Å². The Kier molecular flexibility index (Phi) is 3.93. The minimum absolute atomic E-state index is 0.237. The van der Waals surface area contributed by atoms with Crippen molar-refractivity contribution < 1.29 is 18.9 Å². The van der Waals surface area contributed by atoms with Crippen molar-refractivity contribution in [2.24, 2.45) is 0 Å². The van der Waals surface area contributed by atoms with Gasteiger partial charge in [-0.25, -0.2) is 0 Å². The van der Waals surface area contributed by atoms with Crippen LogP contribution in [0, 0.1) is 6.92 Å². The second kappa shape index (κ2) is 6.22. The minimum atomic E-state index is 0.237. The van der Waals surface area contributed by atoms with Gasteiger partial charge in [-0.05, 0) is 18.6 Å². The van der Waals surface area contributed by atoms with E-state index < -0.39 is 0 Å². The van der Waals surface area contributed by atoms with Crippen LogP contribution in [-0.2, 0) is 9.47 Å². The molecule has 2 atom stereocenters. The summed E-state index contributed by atoms with van der Waals surface area (Å²) in [6.07, 6.45) is 0.476. The number of hydrogen-bond acceptors (Lipinski definition) is 4. The lowest BCUT2D eigenvalue weighted by Gasteiger charge is -2.16. The van der Waals surface area contributed by atoms with Gasteiger partial charge in [0.1, 0.15) is 36.9 Å². The van der Waals surface area contributed by atoms with Gasteiger partial charge >= 0.3 is 0 Å². The average molecular weight is 312 g/mol. The first-order chi connectivity index (χ1) is 11.3. The number of para-hydroxylation sites is 2. The molecule has 0 aliphatic carbocycles. The molecule has 0 radical (unpaired) electrons. The van der Waals surface area contributed by atoms with E-state index >= 15 is 0 Å². The van der Waals surface area contributed by atoms with Crippen LogP contribution < -0.4 is 9.47 Å². The lowest BCUT2D eigenvalue weighted by atomic mass is 10.0. The largest absolute Gasteiger partial charge is 0.490 e. The maximum absolute atomic E-state index is 6.03. The van der Waals surface area contributed by atoms with Crippen LogP contribution in [0.1, 0.15) is 5.56 Å². The molecule has 2 aromatic rings. The number of aryl methyl sites for hydroxylation is 1. The molecule has 0 spiro atoms. The Bertz CT molecular complexity index is 690. The number of ether oxygens (including phenoxy) is 4. The van der Waals surface area contributed by atoms with Crippen molar-refractivity contribution in [2.75, 3.05) is 26.4 Å². The maximum Gasteiger partial charge on any atom is 0.130 e. The first-order valence-electron chi connectivity index (χ1n) is 7.99. The Labute approximate surface area is 135 Å². The highest BCUT2D eigenvalue weighted by atomic mass is 16.6. The van der Waals surface area contributed by atoms with Gasteiger partial charge in [0.15, 0.2) is 0 Å². The van der Waals surface area contributed by atoms with Crippen molar-refractivity contribution in [3.8, 4) is 22.6 Å². The van der Waals surface area contributed by atoms with E-state index in [9.17, 15) is 0 Å². The van der Waals surface area contributed by atoms with Gasteiger partial charge in [0, 0.05) is 11.1 Å². The van der Waals surface area contributed by atoms with Crippen molar-refractivity contribution in [3.63, 3.8) is 0 Å². The fourth-order valence-electron chi connectivity index (χ4n) is 2.56. The zero-order chi connectivity index (χ0) is 15.6. The van der Waals surface area contributed by atoms with E-state index in [2.05, 4.69) is 25.1 Å².